The fourth-order valence-corrected chi connectivity index (χ4v) is 2.06. The molecule has 1 fully saturated rings. The van der Waals surface area contributed by atoms with Crippen LogP contribution in [0.15, 0.2) is 0 Å². The lowest BCUT2D eigenvalue weighted by Crippen LogP contribution is -2.49. The van der Waals surface area contributed by atoms with Gasteiger partial charge >= 0.3 is 5.97 Å². The number of carbonyl (C=O) groups excluding carboxylic acids is 1. The highest BCUT2D eigenvalue weighted by Crippen LogP contribution is 2.26. The third-order valence-corrected chi connectivity index (χ3v) is 3.30. The van der Waals surface area contributed by atoms with Gasteiger partial charge in [-0.05, 0) is 25.3 Å². The molecule has 1 amide bonds. The van der Waals surface area contributed by atoms with Gasteiger partial charge in [0.1, 0.15) is 6.04 Å². The first kappa shape index (κ1) is 14.0. The fourth-order valence-electron chi connectivity index (χ4n) is 2.06. The smallest absolute Gasteiger partial charge is 0.327 e. The quantitative estimate of drug-likeness (QED) is 0.689. The van der Waals surface area contributed by atoms with E-state index in [0.717, 1.165) is 13.1 Å². The maximum absolute atomic E-state index is 11.0. The molecule has 0 heterocycles. The number of carbonyl (C=O) groups is 2. The van der Waals surface area contributed by atoms with E-state index in [4.69, 9.17) is 5.11 Å². The average Bonchev–Trinajstić information content (AvgIpc) is 2.18. The number of hydrogen-bond acceptors (Lipinski definition) is 3. The summed E-state index contributed by atoms with van der Waals surface area (Å²) in [5.74, 6) is -0.550. The largest absolute Gasteiger partial charge is 0.480 e. The molecule has 1 atom stereocenters. The second kappa shape index (κ2) is 6.59. The van der Waals surface area contributed by atoms with Crippen LogP contribution in [-0.4, -0.2) is 47.6 Å². The van der Waals surface area contributed by atoms with Gasteiger partial charge in [-0.15, -0.1) is 0 Å². The van der Waals surface area contributed by atoms with Gasteiger partial charge in [-0.2, -0.15) is 0 Å². The van der Waals surface area contributed by atoms with E-state index in [9.17, 15) is 9.59 Å². The Labute approximate surface area is 102 Å². The zero-order valence-electron chi connectivity index (χ0n) is 10.6. The van der Waals surface area contributed by atoms with Crippen LogP contribution in [0.2, 0.25) is 0 Å². The Kier molecular flexibility index (Phi) is 5.41. The highest BCUT2D eigenvalue weighted by molar-refractivity contribution is 5.82. The van der Waals surface area contributed by atoms with Crippen molar-refractivity contribution >= 4 is 11.9 Å². The Morgan fingerprint density at radius 1 is 1.47 bits per heavy atom. The van der Waals surface area contributed by atoms with Crippen molar-refractivity contribution in [3.05, 3.63) is 0 Å². The molecule has 2 N–H and O–H groups in total. The van der Waals surface area contributed by atoms with Crippen molar-refractivity contribution in [3.8, 4) is 0 Å². The summed E-state index contributed by atoms with van der Waals surface area (Å²) in [6.45, 7) is 5.52. The summed E-state index contributed by atoms with van der Waals surface area (Å²) in [4.78, 5) is 24.0. The fraction of sp³-hybridized carbons (Fsp3) is 0.833. The van der Waals surface area contributed by atoms with Crippen LogP contribution in [0.25, 0.3) is 0 Å². The van der Waals surface area contributed by atoms with Gasteiger partial charge < -0.3 is 15.3 Å². The monoisotopic (exact) mass is 242 g/mol. The number of amides is 1. The van der Waals surface area contributed by atoms with E-state index < -0.39 is 12.0 Å². The predicted octanol–water partition coefficient (Wildman–Crippen LogP) is 0.698. The molecule has 5 heteroatoms. The third kappa shape index (κ3) is 4.73. The third-order valence-electron chi connectivity index (χ3n) is 3.30. The highest BCUT2D eigenvalue weighted by atomic mass is 16.4. The number of nitrogens with zero attached hydrogens (tertiary/aromatic N) is 1. The summed E-state index contributed by atoms with van der Waals surface area (Å²) in [5.41, 5.74) is 0. The number of nitrogens with one attached hydrogen (secondary N) is 1. The molecule has 0 spiro atoms. The van der Waals surface area contributed by atoms with Crippen molar-refractivity contribution in [1.29, 1.82) is 0 Å². The van der Waals surface area contributed by atoms with Gasteiger partial charge in [0.25, 0.3) is 0 Å². The molecular weight excluding hydrogens is 220 g/mol. The van der Waals surface area contributed by atoms with Gasteiger partial charge in [-0.1, -0.05) is 13.3 Å². The molecule has 17 heavy (non-hydrogen) atoms. The number of carboxylic acid groups (broad SMARTS) is 1. The molecule has 0 aliphatic heterocycles. The molecule has 0 bridgehead atoms. The standard InChI is InChI=1S/C12H22N2O3/c1-3-14(7-10-5-4-6-10)8-11(12(16)17)13-9(2)15/h10-11H,3-8H2,1-2H3,(H,13,15)(H,16,17). The van der Waals surface area contributed by atoms with E-state index in [-0.39, 0.29) is 5.91 Å². The second-order valence-electron chi connectivity index (χ2n) is 4.74. The number of rotatable bonds is 7. The molecule has 0 aromatic heterocycles. The van der Waals surface area contributed by atoms with Gasteiger partial charge in [-0.25, -0.2) is 4.79 Å². The van der Waals surface area contributed by atoms with Crippen LogP contribution in [0.5, 0.6) is 0 Å². The summed E-state index contributed by atoms with van der Waals surface area (Å²) in [5, 5.41) is 11.5. The van der Waals surface area contributed by atoms with Crippen LogP contribution in [0.1, 0.15) is 33.1 Å². The molecule has 0 aromatic rings. The minimum Gasteiger partial charge on any atom is -0.480 e. The molecule has 0 radical (unpaired) electrons. The SMILES string of the molecule is CCN(CC1CCC1)CC(NC(C)=O)C(=O)O. The van der Waals surface area contributed by atoms with Crippen LogP contribution in [0, 0.1) is 5.92 Å². The average molecular weight is 242 g/mol. The number of aliphatic carboxylic acids is 1. The van der Waals surface area contributed by atoms with Crippen LogP contribution in [0.4, 0.5) is 0 Å². The number of carboxylic acids is 1. The summed E-state index contributed by atoms with van der Waals surface area (Å²) in [7, 11) is 0. The van der Waals surface area contributed by atoms with Gasteiger partial charge in [0, 0.05) is 20.0 Å². The molecule has 0 saturated heterocycles. The van der Waals surface area contributed by atoms with E-state index in [2.05, 4.69) is 10.2 Å². The van der Waals surface area contributed by atoms with Crippen LogP contribution < -0.4 is 5.32 Å². The lowest BCUT2D eigenvalue weighted by atomic mass is 9.85. The van der Waals surface area contributed by atoms with Gasteiger partial charge in [-0.3, -0.25) is 4.79 Å². The first-order valence-electron chi connectivity index (χ1n) is 6.25. The van der Waals surface area contributed by atoms with Gasteiger partial charge in [0.15, 0.2) is 0 Å². The molecule has 1 rings (SSSR count). The molecule has 0 aromatic carbocycles. The number of likely N-dealkylation sites (N-methyl/N-ethyl adjacent to an activating group) is 1. The van der Waals surface area contributed by atoms with Crippen molar-refractivity contribution in [2.24, 2.45) is 5.92 Å². The van der Waals surface area contributed by atoms with E-state index in [1.165, 1.54) is 26.2 Å². The minimum absolute atomic E-state index is 0.294. The topological polar surface area (TPSA) is 69.6 Å². The molecule has 1 unspecified atom stereocenters. The van der Waals surface area contributed by atoms with E-state index in [1.54, 1.807) is 0 Å². The molecule has 1 aliphatic carbocycles. The predicted molar refractivity (Wildman–Crippen MR) is 64.7 cm³/mol. The number of hydrogen-bond donors (Lipinski definition) is 2. The second-order valence-corrected chi connectivity index (χ2v) is 4.74. The first-order chi connectivity index (χ1) is 8.02. The molecular formula is C12H22N2O3. The minimum atomic E-state index is -0.966. The normalized spacial score (nSPS) is 17.6. The van der Waals surface area contributed by atoms with E-state index >= 15 is 0 Å². The molecule has 5 nitrogen and oxygen atoms in total. The van der Waals surface area contributed by atoms with Crippen LogP contribution in [0.3, 0.4) is 0 Å². The van der Waals surface area contributed by atoms with Crippen molar-refractivity contribution in [2.75, 3.05) is 19.6 Å². The van der Waals surface area contributed by atoms with Crippen molar-refractivity contribution in [3.63, 3.8) is 0 Å². The van der Waals surface area contributed by atoms with Crippen molar-refractivity contribution in [1.82, 2.24) is 10.2 Å². The Morgan fingerprint density at radius 2 is 2.12 bits per heavy atom. The van der Waals surface area contributed by atoms with Gasteiger partial charge in [0.05, 0.1) is 0 Å². The summed E-state index contributed by atoms with van der Waals surface area (Å²) >= 11 is 0. The summed E-state index contributed by atoms with van der Waals surface area (Å²) < 4.78 is 0. The van der Waals surface area contributed by atoms with Crippen molar-refractivity contribution in [2.45, 2.75) is 39.2 Å². The Morgan fingerprint density at radius 3 is 2.47 bits per heavy atom. The molecule has 1 saturated carbocycles. The summed E-state index contributed by atoms with van der Waals surface area (Å²) in [6, 6.07) is -0.799. The maximum Gasteiger partial charge on any atom is 0.327 e. The lowest BCUT2D eigenvalue weighted by Gasteiger charge is -2.33. The molecule has 98 valence electrons. The molecule has 1 aliphatic rings. The Bertz CT molecular complexity index is 277. The highest BCUT2D eigenvalue weighted by Gasteiger charge is 2.25. The van der Waals surface area contributed by atoms with E-state index in [1.807, 2.05) is 6.92 Å². The zero-order chi connectivity index (χ0) is 12.8. The Hall–Kier alpha value is -1.10. The van der Waals surface area contributed by atoms with Crippen LogP contribution in [-0.2, 0) is 9.59 Å². The zero-order valence-corrected chi connectivity index (χ0v) is 10.6. The lowest BCUT2D eigenvalue weighted by molar-refractivity contribution is -0.142. The first-order valence-corrected chi connectivity index (χ1v) is 6.25. The van der Waals surface area contributed by atoms with E-state index in [0.29, 0.717) is 12.5 Å². The Balaban J connectivity index is 2.43. The van der Waals surface area contributed by atoms with Crippen LogP contribution >= 0.6 is 0 Å². The van der Waals surface area contributed by atoms with Gasteiger partial charge in [0.2, 0.25) is 5.91 Å². The maximum atomic E-state index is 11.0. The van der Waals surface area contributed by atoms with Crippen molar-refractivity contribution < 1.29 is 14.7 Å². The summed E-state index contributed by atoms with van der Waals surface area (Å²) in [6.07, 6.45) is 3.78.